The van der Waals surface area contributed by atoms with E-state index in [2.05, 4.69) is 15.9 Å². The van der Waals surface area contributed by atoms with Crippen LogP contribution in [0.3, 0.4) is 0 Å². The van der Waals surface area contributed by atoms with Crippen molar-refractivity contribution < 1.29 is 9.84 Å². The molecule has 20 heavy (non-hydrogen) atoms. The zero-order chi connectivity index (χ0) is 14.9. The summed E-state index contributed by atoms with van der Waals surface area (Å²) >= 11 is 11.1. The summed E-state index contributed by atoms with van der Waals surface area (Å²) in [6.45, 7) is 5.73. The van der Waals surface area contributed by atoms with Crippen molar-refractivity contribution in [3.8, 4) is 11.5 Å². The molecule has 108 valence electrons. The highest BCUT2D eigenvalue weighted by atomic mass is 79.9. The number of aliphatic hydroxyl groups is 1. The smallest absolute Gasteiger partial charge is 0.152 e. The maximum Gasteiger partial charge on any atom is 0.152 e. The number of ether oxygens (including phenoxy) is 1. The van der Waals surface area contributed by atoms with Gasteiger partial charge in [-0.05, 0) is 66.0 Å². The van der Waals surface area contributed by atoms with E-state index < -0.39 is 0 Å². The SMILES string of the molecule is Cc1cc(Cl)cc(C)c1Oc1cc(CC(C)O)sc1Br. The Hall–Kier alpha value is -0.550. The maximum absolute atomic E-state index is 9.45. The molecular weight excluding hydrogens is 360 g/mol. The molecule has 0 saturated heterocycles. The maximum atomic E-state index is 9.45. The van der Waals surface area contributed by atoms with Crippen LogP contribution in [0, 0.1) is 13.8 Å². The fourth-order valence-electron chi connectivity index (χ4n) is 2.03. The molecule has 1 N–H and O–H groups in total. The zero-order valence-corrected chi connectivity index (χ0v) is 14.7. The summed E-state index contributed by atoms with van der Waals surface area (Å²) < 4.78 is 6.94. The largest absolute Gasteiger partial charge is 0.455 e. The third kappa shape index (κ3) is 3.76. The molecule has 1 aromatic heterocycles. The molecular formula is C15H16BrClO2S. The van der Waals surface area contributed by atoms with Crippen LogP contribution in [-0.2, 0) is 6.42 Å². The summed E-state index contributed by atoms with van der Waals surface area (Å²) in [5, 5.41) is 10.2. The lowest BCUT2D eigenvalue weighted by Gasteiger charge is -2.11. The second-order valence-electron chi connectivity index (χ2n) is 4.87. The Balaban J connectivity index is 2.28. The van der Waals surface area contributed by atoms with Gasteiger partial charge in [-0.25, -0.2) is 0 Å². The number of hydrogen-bond acceptors (Lipinski definition) is 3. The van der Waals surface area contributed by atoms with Crippen molar-refractivity contribution in [3.63, 3.8) is 0 Å². The summed E-state index contributed by atoms with van der Waals surface area (Å²) in [4.78, 5) is 1.09. The first-order valence-electron chi connectivity index (χ1n) is 6.27. The fourth-order valence-corrected chi connectivity index (χ4v) is 4.10. The lowest BCUT2D eigenvalue weighted by atomic mass is 10.1. The molecule has 0 amide bonds. The van der Waals surface area contributed by atoms with E-state index in [9.17, 15) is 5.11 Å². The Morgan fingerprint density at radius 2 is 1.90 bits per heavy atom. The van der Waals surface area contributed by atoms with Crippen LogP contribution in [0.4, 0.5) is 0 Å². The van der Waals surface area contributed by atoms with Crippen LogP contribution >= 0.6 is 38.9 Å². The van der Waals surface area contributed by atoms with Gasteiger partial charge in [0.1, 0.15) is 9.54 Å². The molecule has 0 aliphatic carbocycles. The Kier molecular flexibility index (Phi) is 5.13. The number of halogens is 2. The van der Waals surface area contributed by atoms with Crippen molar-refractivity contribution in [2.75, 3.05) is 0 Å². The molecule has 0 saturated carbocycles. The summed E-state index contributed by atoms with van der Waals surface area (Å²) in [5.74, 6) is 1.61. The van der Waals surface area contributed by atoms with Crippen LogP contribution < -0.4 is 4.74 Å². The van der Waals surface area contributed by atoms with E-state index in [-0.39, 0.29) is 6.10 Å². The zero-order valence-electron chi connectivity index (χ0n) is 11.5. The third-order valence-corrected chi connectivity index (χ3v) is 4.86. The van der Waals surface area contributed by atoms with Gasteiger partial charge in [-0.2, -0.15) is 0 Å². The molecule has 1 heterocycles. The fraction of sp³-hybridized carbons (Fsp3) is 0.333. The predicted octanol–water partition coefficient (Wildman–Crippen LogP) is 5.50. The Bertz CT molecular complexity index is 599. The van der Waals surface area contributed by atoms with Gasteiger partial charge in [0.2, 0.25) is 0 Å². The van der Waals surface area contributed by atoms with Gasteiger partial charge in [-0.15, -0.1) is 11.3 Å². The number of aliphatic hydroxyl groups excluding tert-OH is 1. The molecule has 2 rings (SSSR count). The number of aryl methyl sites for hydroxylation is 2. The molecule has 1 aromatic carbocycles. The molecule has 2 nitrogen and oxygen atoms in total. The molecule has 1 atom stereocenters. The molecule has 0 aliphatic rings. The monoisotopic (exact) mass is 374 g/mol. The number of benzene rings is 1. The van der Waals surface area contributed by atoms with E-state index in [1.54, 1.807) is 18.3 Å². The molecule has 0 spiro atoms. The standard InChI is InChI=1S/C15H16BrClO2S/c1-8-4-11(17)5-9(2)14(8)19-13-7-12(6-10(3)18)20-15(13)16/h4-5,7,10,18H,6H2,1-3H3. The van der Waals surface area contributed by atoms with Crippen LogP contribution in [0.5, 0.6) is 11.5 Å². The van der Waals surface area contributed by atoms with Crippen LogP contribution in [0.1, 0.15) is 22.9 Å². The van der Waals surface area contributed by atoms with E-state index in [1.807, 2.05) is 32.0 Å². The molecule has 1 unspecified atom stereocenters. The van der Waals surface area contributed by atoms with Gasteiger partial charge in [0, 0.05) is 16.3 Å². The average Bonchev–Trinajstić information content (AvgIpc) is 2.63. The van der Waals surface area contributed by atoms with Gasteiger partial charge in [0.05, 0.1) is 6.10 Å². The molecule has 0 aliphatic heterocycles. The van der Waals surface area contributed by atoms with E-state index in [0.29, 0.717) is 11.4 Å². The lowest BCUT2D eigenvalue weighted by Crippen LogP contribution is -2.01. The number of rotatable bonds is 4. The van der Waals surface area contributed by atoms with Crippen molar-refractivity contribution in [2.24, 2.45) is 0 Å². The van der Waals surface area contributed by atoms with Crippen LogP contribution in [-0.4, -0.2) is 11.2 Å². The highest BCUT2D eigenvalue weighted by molar-refractivity contribution is 9.11. The predicted molar refractivity (Wildman–Crippen MR) is 88.4 cm³/mol. The second-order valence-corrected chi connectivity index (χ2v) is 7.77. The minimum atomic E-state index is -0.354. The van der Waals surface area contributed by atoms with E-state index >= 15 is 0 Å². The second kappa shape index (κ2) is 6.48. The van der Waals surface area contributed by atoms with Crippen molar-refractivity contribution in [1.82, 2.24) is 0 Å². The van der Waals surface area contributed by atoms with E-state index in [4.69, 9.17) is 16.3 Å². The first kappa shape index (κ1) is 15.8. The summed E-state index contributed by atoms with van der Waals surface area (Å²) in [6, 6.07) is 5.75. The highest BCUT2D eigenvalue weighted by Crippen LogP contribution is 2.40. The molecule has 0 bridgehead atoms. The minimum absolute atomic E-state index is 0.354. The summed E-state index contributed by atoms with van der Waals surface area (Å²) in [7, 11) is 0. The Morgan fingerprint density at radius 1 is 1.30 bits per heavy atom. The summed E-state index contributed by atoms with van der Waals surface area (Å²) in [6.07, 6.45) is 0.276. The van der Waals surface area contributed by atoms with Crippen molar-refractivity contribution in [2.45, 2.75) is 33.3 Å². The van der Waals surface area contributed by atoms with Crippen LogP contribution in [0.25, 0.3) is 0 Å². The first-order chi connectivity index (χ1) is 9.36. The van der Waals surface area contributed by atoms with E-state index in [0.717, 1.165) is 31.3 Å². The van der Waals surface area contributed by atoms with Gasteiger partial charge in [-0.1, -0.05) is 11.6 Å². The number of thiophene rings is 1. The molecule has 0 radical (unpaired) electrons. The third-order valence-electron chi connectivity index (χ3n) is 2.84. The molecule has 5 heteroatoms. The normalized spacial score (nSPS) is 12.5. The van der Waals surface area contributed by atoms with Gasteiger partial charge in [0.25, 0.3) is 0 Å². The first-order valence-corrected chi connectivity index (χ1v) is 8.26. The quantitative estimate of drug-likeness (QED) is 0.765. The van der Waals surface area contributed by atoms with Crippen molar-refractivity contribution in [3.05, 3.63) is 43.0 Å². The van der Waals surface area contributed by atoms with Crippen LogP contribution in [0.15, 0.2) is 22.0 Å². The molecule has 0 fully saturated rings. The van der Waals surface area contributed by atoms with Crippen molar-refractivity contribution >= 4 is 38.9 Å². The van der Waals surface area contributed by atoms with Gasteiger partial charge in [-0.3, -0.25) is 0 Å². The Labute approximate surface area is 136 Å². The Morgan fingerprint density at radius 3 is 2.45 bits per heavy atom. The average molecular weight is 376 g/mol. The number of hydrogen-bond donors (Lipinski definition) is 1. The lowest BCUT2D eigenvalue weighted by molar-refractivity contribution is 0.196. The molecule has 2 aromatic rings. The van der Waals surface area contributed by atoms with E-state index in [1.165, 1.54) is 0 Å². The van der Waals surface area contributed by atoms with Crippen molar-refractivity contribution in [1.29, 1.82) is 0 Å². The van der Waals surface area contributed by atoms with Gasteiger partial charge >= 0.3 is 0 Å². The van der Waals surface area contributed by atoms with Gasteiger partial charge in [0.15, 0.2) is 5.75 Å². The topological polar surface area (TPSA) is 29.5 Å². The minimum Gasteiger partial charge on any atom is -0.455 e. The van der Waals surface area contributed by atoms with Gasteiger partial charge < -0.3 is 9.84 Å². The van der Waals surface area contributed by atoms with Crippen LogP contribution in [0.2, 0.25) is 5.02 Å². The summed E-state index contributed by atoms with van der Waals surface area (Å²) in [5.41, 5.74) is 2.01. The highest BCUT2D eigenvalue weighted by Gasteiger charge is 2.13.